The Morgan fingerprint density at radius 1 is 1.06 bits per heavy atom. The van der Waals surface area contributed by atoms with Gasteiger partial charge in [0.2, 0.25) is 0 Å². The molecule has 1 amide bonds. The molecule has 0 bridgehead atoms. The maximum absolute atomic E-state index is 12.9. The zero-order valence-corrected chi connectivity index (χ0v) is 17.1. The van der Waals surface area contributed by atoms with Crippen LogP contribution in [0, 0.1) is 0 Å². The summed E-state index contributed by atoms with van der Waals surface area (Å²) in [6.07, 6.45) is -1.48. The lowest BCUT2D eigenvalue weighted by atomic mass is 10.1. The molecule has 1 heterocycles. The van der Waals surface area contributed by atoms with Crippen LogP contribution in [-0.2, 0) is 12.7 Å². The molecule has 0 atom stereocenters. The Morgan fingerprint density at radius 2 is 1.81 bits per heavy atom. The summed E-state index contributed by atoms with van der Waals surface area (Å²) in [5.74, 6) is 0.639. The van der Waals surface area contributed by atoms with Crippen molar-refractivity contribution in [3.05, 3.63) is 71.5 Å². The summed E-state index contributed by atoms with van der Waals surface area (Å²) in [5, 5.41) is 6.77. The molecule has 0 radical (unpaired) electrons. The third-order valence-corrected chi connectivity index (χ3v) is 4.30. The number of alkyl halides is 3. The standard InChI is InChI=1S/C22H22F3N3O3/c1-3-30-19-9-8-15(10-20(19)31-4-2)13-28-14-18(12-26-28)27-21(29)16-6-5-7-17(11-16)22(23,24)25/h5-12,14H,3-4,13H2,1-2H3,(H,27,29). The number of ether oxygens (including phenoxy) is 2. The van der Waals surface area contributed by atoms with E-state index in [1.165, 1.54) is 18.3 Å². The monoisotopic (exact) mass is 433 g/mol. The molecule has 3 aromatic rings. The Balaban J connectivity index is 1.69. The molecule has 0 saturated carbocycles. The lowest BCUT2D eigenvalue weighted by molar-refractivity contribution is -0.137. The van der Waals surface area contributed by atoms with E-state index in [2.05, 4.69) is 10.4 Å². The minimum Gasteiger partial charge on any atom is -0.490 e. The van der Waals surface area contributed by atoms with E-state index in [4.69, 9.17) is 9.47 Å². The number of carbonyl (C=O) groups excluding carboxylic acids is 1. The molecule has 2 aromatic carbocycles. The Labute approximate surface area is 177 Å². The van der Waals surface area contributed by atoms with E-state index in [1.54, 1.807) is 10.9 Å². The predicted molar refractivity (Wildman–Crippen MR) is 110 cm³/mol. The van der Waals surface area contributed by atoms with Crippen molar-refractivity contribution in [3.8, 4) is 11.5 Å². The van der Waals surface area contributed by atoms with E-state index < -0.39 is 17.6 Å². The summed E-state index contributed by atoms with van der Waals surface area (Å²) in [4.78, 5) is 12.3. The molecule has 1 N–H and O–H groups in total. The number of nitrogens with one attached hydrogen (secondary N) is 1. The molecular weight excluding hydrogens is 411 g/mol. The molecule has 6 nitrogen and oxygen atoms in total. The minimum absolute atomic E-state index is 0.0876. The predicted octanol–water partition coefficient (Wildman–Crippen LogP) is 5.00. The van der Waals surface area contributed by atoms with E-state index in [-0.39, 0.29) is 5.56 Å². The third-order valence-electron chi connectivity index (χ3n) is 4.30. The van der Waals surface area contributed by atoms with E-state index in [9.17, 15) is 18.0 Å². The molecule has 0 aliphatic heterocycles. The van der Waals surface area contributed by atoms with Crippen LogP contribution in [0.1, 0.15) is 35.3 Å². The van der Waals surface area contributed by atoms with E-state index in [1.807, 2.05) is 32.0 Å². The van der Waals surface area contributed by atoms with Crippen LogP contribution >= 0.6 is 0 Å². The van der Waals surface area contributed by atoms with Gasteiger partial charge in [0.15, 0.2) is 11.5 Å². The number of benzene rings is 2. The highest BCUT2D eigenvalue weighted by Gasteiger charge is 2.30. The first-order chi connectivity index (χ1) is 14.8. The van der Waals surface area contributed by atoms with Crippen LogP contribution in [0.25, 0.3) is 0 Å². The topological polar surface area (TPSA) is 65.4 Å². The number of nitrogens with zero attached hydrogens (tertiary/aromatic N) is 2. The molecule has 9 heteroatoms. The van der Waals surface area contributed by atoms with Gasteiger partial charge in [0.1, 0.15) is 0 Å². The van der Waals surface area contributed by atoms with Crippen molar-refractivity contribution < 1.29 is 27.4 Å². The molecule has 31 heavy (non-hydrogen) atoms. The number of hydrogen-bond donors (Lipinski definition) is 1. The highest BCUT2D eigenvalue weighted by molar-refractivity contribution is 6.04. The third kappa shape index (κ3) is 5.78. The van der Waals surface area contributed by atoms with E-state index in [0.29, 0.717) is 36.9 Å². The van der Waals surface area contributed by atoms with Gasteiger partial charge in [0, 0.05) is 11.8 Å². The molecule has 3 rings (SSSR count). The fourth-order valence-electron chi connectivity index (χ4n) is 2.94. The van der Waals surface area contributed by atoms with Crippen LogP contribution in [0.5, 0.6) is 11.5 Å². The highest BCUT2D eigenvalue weighted by atomic mass is 19.4. The summed E-state index contributed by atoms with van der Waals surface area (Å²) in [5.41, 5.74) is 0.316. The van der Waals surface area contributed by atoms with Crippen LogP contribution in [0.3, 0.4) is 0 Å². The number of anilines is 1. The van der Waals surface area contributed by atoms with Gasteiger partial charge in [0.25, 0.3) is 5.91 Å². The van der Waals surface area contributed by atoms with Crippen molar-refractivity contribution in [1.82, 2.24) is 9.78 Å². The minimum atomic E-state index is -4.51. The summed E-state index contributed by atoms with van der Waals surface area (Å²) < 4.78 is 51.3. The number of aromatic nitrogens is 2. The Kier molecular flexibility index (Phi) is 6.84. The number of rotatable bonds is 8. The van der Waals surface area contributed by atoms with Crippen molar-refractivity contribution >= 4 is 11.6 Å². The summed E-state index contributed by atoms with van der Waals surface area (Å²) in [6, 6.07) is 9.82. The molecule has 0 unspecified atom stereocenters. The number of halogens is 3. The molecule has 0 spiro atoms. The van der Waals surface area contributed by atoms with Crippen LogP contribution in [0.2, 0.25) is 0 Å². The van der Waals surface area contributed by atoms with Crippen molar-refractivity contribution in [2.45, 2.75) is 26.6 Å². The van der Waals surface area contributed by atoms with Gasteiger partial charge in [-0.2, -0.15) is 18.3 Å². The smallest absolute Gasteiger partial charge is 0.416 e. The Hall–Kier alpha value is -3.49. The zero-order valence-electron chi connectivity index (χ0n) is 17.1. The van der Waals surface area contributed by atoms with Crippen molar-refractivity contribution in [2.75, 3.05) is 18.5 Å². The molecular formula is C22H22F3N3O3. The van der Waals surface area contributed by atoms with Crippen LogP contribution < -0.4 is 14.8 Å². The molecule has 0 aliphatic carbocycles. The average molecular weight is 433 g/mol. The first-order valence-corrected chi connectivity index (χ1v) is 9.69. The van der Waals surface area contributed by atoms with Crippen LogP contribution in [0.4, 0.5) is 18.9 Å². The van der Waals surface area contributed by atoms with Gasteiger partial charge in [-0.25, -0.2) is 0 Å². The fourth-order valence-corrected chi connectivity index (χ4v) is 2.94. The quantitative estimate of drug-likeness (QED) is 0.543. The molecule has 0 saturated heterocycles. The first-order valence-electron chi connectivity index (χ1n) is 9.69. The van der Waals surface area contributed by atoms with Crippen LogP contribution in [0.15, 0.2) is 54.9 Å². The summed E-state index contributed by atoms with van der Waals surface area (Å²) in [7, 11) is 0. The lowest BCUT2D eigenvalue weighted by Gasteiger charge is -2.12. The summed E-state index contributed by atoms with van der Waals surface area (Å²) in [6.45, 7) is 5.20. The van der Waals surface area contributed by atoms with E-state index >= 15 is 0 Å². The first kappa shape index (κ1) is 22.2. The molecule has 164 valence electrons. The maximum atomic E-state index is 12.9. The van der Waals surface area contributed by atoms with E-state index in [0.717, 1.165) is 17.7 Å². The fraction of sp³-hybridized carbons (Fsp3) is 0.273. The van der Waals surface area contributed by atoms with Gasteiger partial charge in [0.05, 0.1) is 37.2 Å². The van der Waals surface area contributed by atoms with Gasteiger partial charge in [-0.3, -0.25) is 9.48 Å². The van der Waals surface area contributed by atoms with Crippen molar-refractivity contribution in [2.24, 2.45) is 0 Å². The molecule has 1 aromatic heterocycles. The summed E-state index contributed by atoms with van der Waals surface area (Å²) >= 11 is 0. The van der Waals surface area contributed by atoms with Gasteiger partial charge in [-0.05, 0) is 49.7 Å². The van der Waals surface area contributed by atoms with Crippen molar-refractivity contribution in [1.29, 1.82) is 0 Å². The Morgan fingerprint density at radius 3 is 2.52 bits per heavy atom. The number of hydrogen-bond acceptors (Lipinski definition) is 4. The second-order valence-corrected chi connectivity index (χ2v) is 6.61. The van der Waals surface area contributed by atoms with Crippen LogP contribution in [-0.4, -0.2) is 28.9 Å². The molecule has 0 fully saturated rings. The van der Waals surface area contributed by atoms with Gasteiger partial charge >= 0.3 is 6.18 Å². The SMILES string of the molecule is CCOc1ccc(Cn2cc(NC(=O)c3cccc(C(F)(F)F)c3)cn2)cc1OCC. The van der Waals surface area contributed by atoms with Gasteiger partial charge < -0.3 is 14.8 Å². The molecule has 0 aliphatic rings. The number of carbonyl (C=O) groups is 1. The van der Waals surface area contributed by atoms with Gasteiger partial charge in [-0.1, -0.05) is 12.1 Å². The zero-order chi connectivity index (χ0) is 22.4. The largest absolute Gasteiger partial charge is 0.490 e. The second kappa shape index (κ2) is 9.55. The normalized spacial score (nSPS) is 11.3. The Bertz CT molecular complexity index is 1050. The average Bonchev–Trinajstić information content (AvgIpc) is 3.16. The van der Waals surface area contributed by atoms with Crippen molar-refractivity contribution in [3.63, 3.8) is 0 Å². The highest BCUT2D eigenvalue weighted by Crippen LogP contribution is 2.30. The number of amides is 1. The van der Waals surface area contributed by atoms with Gasteiger partial charge in [-0.15, -0.1) is 0 Å². The maximum Gasteiger partial charge on any atom is 0.416 e. The lowest BCUT2D eigenvalue weighted by Crippen LogP contribution is -2.13. The second-order valence-electron chi connectivity index (χ2n) is 6.61.